The monoisotopic (exact) mass is 434 g/mol. The SMILES string of the molecule is N#Cc1c(N)nc(N)nc1NCCc1nc2ccccc2c(=O)n1-c1cc(F)cc(F)c1. The molecule has 32 heavy (non-hydrogen) atoms. The van der Waals surface area contributed by atoms with Crippen molar-refractivity contribution in [2.24, 2.45) is 0 Å². The minimum absolute atomic E-state index is 0.00833. The second kappa shape index (κ2) is 8.27. The quantitative estimate of drug-likeness (QED) is 0.433. The fraction of sp³-hybridized carbons (Fsp3) is 0.0952. The number of nitrogens with one attached hydrogen (secondary N) is 1. The molecular weight excluding hydrogens is 418 g/mol. The molecule has 0 saturated heterocycles. The first-order valence-corrected chi connectivity index (χ1v) is 9.41. The van der Waals surface area contributed by atoms with E-state index in [1.807, 2.05) is 6.07 Å². The van der Waals surface area contributed by atoms with Gasteiger partial charge in [-0.2, -0.15) is 15.2 Å². The van der Waals surface area contributed by atoms with Crippen molar-refractivity contribution in [3.63, 3.8) is 0 Å². The number of halogens is 2. The predicted octanol–water partition coefficient (Wildman–Crippen LogP) is 2.14. The summed E-state index contributed by atoms with van der Waals surface area (Å²) >= 11 is 0. The zero-order valence-corrected chi connectivity index (χ0v) is 16.5. The Labute approximate surface area is 180 Å². The van der Waals surface area contributed by atoms with Gasteiger partial charge in [0.25, 0.3) is 5.56 Å². The van der Waals surface area contributed by atoms with E-state index >= 15 is 0 Å². The van der Waals surface area contributed by atoms with Crippen LogP contribution in [-0.2, 0) is 6.42 Å². The van der Waals surface area contributed by atoms with Gasteiger partial charge in [-0.05, 0) is 24.3 Å². The largest absolute Gasteiger partial charge is 0.382 e. The molecule has 11 heteroatoms. The molecule has 0 aliphatic heterocycles. The lowest BCUT2D eigenvalue weighted by Gasteiger charge is -2.15. The Morgan fingerprint density at radius 2 is 1.78 bits per heavy atom. The van der Waals surface area contributed by atoms with E-state index in [0.717, 1.165) is 22.8 Å². The maximum Gasteiger partial charge on any atom is 0.265 e. The van der Waals surface area contributed by atoms with Gasteiger partial charge in [0.05, 0.1) is 16.6 Å². The molecule has 2 heterocycles. The summed E-state index contributed by atoms with van der Waals surface area (Å²) < 4.78 is 28.9. The van der Waals surface area contributed by atoms with Gasteiger partial charge in [0, 0.05) is 19.0 Å². The molecule has 2 aromatic carbocycles. The van der Waals surface area contributed by atoms with Gasteiger partial charge in [-0.25, -0.2) is 13.8 Å². The highest BCUT2D eigenvalue weighted by Gasteiger charge is 2.15. The van der Waals surface area contributed by atoms with Crippen molar-refractivity contribution >= 4 is 28.5 Å². The van der Waals surface area contributed by atoms with Gasteiger partial charge in [0.15, 0.2) is 5.82 Å². The Kier molecular flexibility index (Phi) is 5.34. The van der Waals surface area contributed by atoms with E-state index < -0.39 is 17.2 Å². The maximum absolute atomic E-state index is 13.9. The second-order valence-electron chi connectivity index (χ2n) is 6.79. The predicted molar refractivity (Wildman–Crippen MR) is 115 cm³/mol. The number of benzene rings is 2. The topological polar surface area (TPSA) is 149 Å². The zero-order valence-electron chi connectivity index (χ0n) is 16.5. The van der Waals surface area contributed by atoms with E-state index in [4.69, 9.17) is 11.5 Å². The van der Waals surface area contributed by atoms with Crippen molar-refractivity contribution in [3.8, 4) is 11.8 Å². The summed E-state index contributed by atoms with van der Waals surface area (Å²) in [7, 11) is 0. The molecule has 0 spiro atoms. The van der Waals surface area contributed by atoms with Crippen LogP contribution in [0.4, 0.5) is 26.4 Å². The number of hydrogen-bond acceptors (Lipinski definition) is 8. The Bertz CT molecular complexity index is 1420. The molecule has 0 atom stereocenters. The lowest BCUT2D eigenvalue weighted by Crippen LogP contribution is -2.25. The van der Waals surface area contributed by atoms with E-state index in [0.29, 0.717) is 10.9 Å². The third kappa shape index (κ3) is 3.89. The molecule has 160 valence electrons. The van der Waals surface area contributed by atoms with Crippen LogP contribution in [0, 0.1) is 23.0 Å². The van der Waals surface area contributed by atoms with Crippen molar-refractivity contribution in [2.75, 3.05) is 23.3 Å². The van der Waals surface area contributed by atoms with Crippen LogP contribution < -0.4 is 22.3 Å². The zero-order chi connectivity index (χ0) is 22.8. The Morgan fingerprint density at radius 3 is 2.50 bits per heavy atom. The van der Waals surface area contributed by atoms with Gasteiger partial charge >= 0.3 is 0 Å². The molecule has 0 aliphatic rings. The number of nitriles is 1. The first kappa shape index (κ1) is 20.7. The average Bonchev–Trinajstić information content (AvgIpc) is 2.73. The summed E-state index contributed by atoms with van der Waals surface area (Å²) in [6.45, 7) is 0.160. The third-order valence-corrected chi connectivity index (χ3v) is 4.66. The molecule has 4 aromatic rings. The van der Waals surface area contributed by atoms with Crippen LogP contribution in [0.25, 0.3) is 16.6 Å². The minimum Gasteiger partial charge on any atom is -0.382 e. The number of aromatic nitrogens is 4. The van der Waals surface area contributed by atoms with Crippen molar-refractivity contribution in [1.29, 1.82) is 5.26 Å². The Hall–Kier alpha value is -4.59. The summed E-state index contributed by atoms with van der Waals surface area (Å²) in [4.78, 5) is 25.4. The molecule has 0 fully saturated rings. The van der Waals surface area contributed by atoms with Crippen LogP contribution in [0.5, 0.6) is 0 Å². The molecule has 9 nitrogen and oxygen atoms in total. The van der Waals surface area contributed by atoms with E-state index in [-0.39, 0.29) is 47.6 Å². The molecule has 0 amide bonds. The van der Waals surface area contributed by atoms with Crippen molar-refractivity contribution in [2.45, 2.75) is 6.42 Å². The van der Waals surface area contributed by atoms with Crippen LogP contribution in [0.15, 0.2) is 47.3 Å². The van der Waals surface area contributed by atoms with Crippen LogP contribution in [0.3, 0.4) is 0 Å². The van der Waals surface area contributed by atoms with E-state index in [9.17, 15) is 18.8 Å². The van der Waals surface area contributed by atoms with Crippen LogP contribution in [-0.4, -0.2) is 26.1 Å². The highest BCUT2D eigenvalue weighted by atomic mass is 19.1. The van der Waals surface area contributed by atoms with E-state index in [2.05, 4.69) is 20.3 Å². The summed E-state index contributed by atoms with van der Waals surface area (Å²) in [5, 5.41) is 12.5. The maximum atomic E-state index is 13.9. The lowest BCUT2D eigenvalue weighted by atomic mass is 10.2. The van der Waals surface area contributed by atoms with Crippen molar-refractivity contribution in [1.82, 2.24) is 19.5 Å². The summed E-state index contributed by atoms with van der Waals surface area (Å²) in [5.74, 6) is -1.45. The second-order valence-corrected chi connectivity index (χ2v) is 6.79. The average molecular weight is 434 g/mol. The van der Waals surface area contributed by atoms with Gasteiger partial charge < -0.3 is 16.8 Å². The van der Waals surface area contributed by atoms with Crippen molar-refractivity contribution < 1.29 is 8.78 Å². The number of rotatable bonds is 5. The number of nitrogen functional groups attached to an aromatic ring is 2. The van der Waals surface area contributed by atoms with Gasteiger partial charge in [-0.3, -0.25) is 9.36 Å². The van der Waals surface area contributed by atoms with E-state index in [1.165, 1.54) is 0 Å². The fourth-order valence-corrected chi connectivity index (χ4v) is 3.31. The Balaban J connectivity index is 1.76. The molecular formula is C21H16F2N8O. The highest BCUT2D eigenvalue weighted by molar-refractivity contribution is 5.77. The van der Waals surface area contributed by atoms with Gasteiger partial charge in [-0.1, -0.05) is 12.1 Å². The number of fused-ring (bicyclic) bond motifs is 1. The highest BCUT2D eigenvalue weighted by Crippen LogP contribution is 2.19. The molecule has 5 N–H and O–H groups in total. The van der Waals surface area contributed by atoms with Crippen molar-refractivity contribution in [3.05, 3.63) is 75.8 Å². The molecule has 4 rings (SSSR count). The normalized spacial score (nSPS) is 10.8. The van der Waals surface area contributed by atoms with Crippen LogP contribution >= 0.6 is 0 Å². The number of nitrogens with two attached hydrogens (primary N) is 2. The van der Waals surface area contributed by atoms with Crippen LogP contribution in [0.1, 0.15) is 11.4 Å². The molecule has 0 radical (unpaired) electrons. The number of para-hydroxylation sites is 1. The summed E-state index contributed by atoms with van der Waals surface area (Å²) in [6, 6.07) is 11.4. The minimum atomic E-state index is -0.824. The van der Waals surface area contributed by atoms with E-state index in [1.54, 1.807) is 24.3 Å². The molecule has 0 saturated carbocycles. The summed E-state index contributed by atoms with van der Waals surface area (Å²) in [6.07, 6.45) is 0.146. The molecule has 2 aromatic heterocycles. The smallest absolute Gasteiger partial charge is 0.265 e. The number of anilines is 3. The third-order valence-electron chi connectivity index (χ3n) is 4.66. The molecule has 0 bridgehead atoms. The Morgan fingerprint density at radius 1 is 1.06 bits per heavy atom. The van der Waals surface area contributed by atoms with Crippen LogP contribution in [0.2, 0.25) is 0 Å². The first-order valence-electron chi connectivity index (χ1n) is 9.41. The number of nitrogens with zero attached hydrogens (tertiary/aromatic N) is 5. The van der Waals surface area contributed by atoms with Gasteiger partial charge in [0.2, 0.25) is 5.95 Å². The molecule has 0 unspecified atom stereocenters. The first-order chi connectivity index (χ1) is 15.4. The molecule has 0 aliphatic carbocycles. The summed E-state index contributed by atoms with van der Waals surface area (Å²) in [5.41, 5.74) is 11.3. The number of hydrogen-bond donors (Lipinski definition) is 3. The standard InChI is InChI=1S/C21H16F2N8O/c22-11-7-12(23)9-13(8-11)31-17(28-16-4-2-1-3-14(16)20(31)32)5-6-27-19-15(10-24)18(25)29-21(26)30-19/h1-4,7-9H,5-6H2,(H5,25,26,27,29,30). The van der Waals surface area contributed by atoms with Gasteiger partial charge in [0.1, 0.15) is 34.9 Å². The van der Waals surface area contributed by atoms with Gasteiger partial charge in [-0.15, -0.1) is 0 Å². The lowest BCUT2D eigenvalue weighted by molar-refractivity contribution is 0.580. The fourth-order valence-electron chi connectivity index (χ4n) is 3.31.